The number of benzene rings is 2. The van der Waals surface area contributed by atoms with E-state index >= 15 is 0 Å². The normalized spacial score (nSPS) is 11.7. The van der Waals surface area contributed by atoms with Gasteiger partial charge in [-0.2, -0.15) is 0 Å². The number of nitrogens with one attached hydrogen (secondary N) is 2. The van der Waals surface area contributed by atoms with Crippen LogP contribution in [0.5, 0.6) is 0 Å². The van der Waals surface area contributed by atoms with E-state index in [0.717, 1.165) is 12.0 Å². The van der Waals surface area contributed by atoms with Crippen molar-refractivity contribution in [3.8, 4) is 0 Å². The Morgan fingerprint density at radius 1 is 0.909 bits per heavy atom. The first-order valence-electron chi connectivity index (χ1n) is 7.51. The molecule has 0 spiro atoms. The third-order valence-corrected chi connectivity index (χ3v) is 3.35. The molecule has 0 heterocycles. The Kier molecular flexibility index (Phi) is 6.45. The number of carbonyl (C=O) groups excluding carboxylic acids is 1. The zero-order valence-corrected chi connectivity index (χ0v) is 12.5. The summed E-state index contributed by atoms with van der Waals surface area (Å²) in [5.74, 6) is 0. The Hall–Kier alpha value is -2.33. The van der Waals surface area contributed by atoms with E-state index in [1.807, 2.05) is 60.7 Å². The van der Waals surface area contributed by atoms with Gasteiger partial charge in [-0.05, 0) is 17.5 Å². The molecule has 4 heteroatoms. The van der Waals surface area contributed by atoms with E-state index in [-0.39, 0.29) is 12.6 Å². The van der Waals surface area contributed by atoms with Crippen LogP contribution in [0.2, 0.25) is 0 Å². The first-order chi connectivity index (χ1) is 10.7. The van der Waals surface area contributed by atoms with Gasteiger partial charge >= 0.3 is 6.03 Å². The maximum Gasteiger partial charge on any atom is 0.314 e. The van der Waals surface area contributed by atoms with Gasteiger partial charge in [0.15, 0.2) is 0 Å². The van der Waals surface area contributed by atoms with Crippen molar-refractivity contribution in [1.82, 2.24) is 10.6 Å². The van der Waals surface area contributed by atoms with Crippen molar-refractivity contribution in [3.63, 3.8) is 0 Å². The molecule has 2 amide bonds. The summed E-state index contributed by atoms with van der Waals surface area (Å²) in [6.45, 7) is 0.816. The van der Waals surface area contributed by atoms with Gasteiger partial charge < -0.3 is 15.7 Å². The minimum atomic E-state index is -0.581. The second kappa shape index (κ2) is 8.85. The largest absolute Gasteiger partial charge is 0.391 e. The second-order valence-electron chi connectivity index (χ2n) is 5.22. The van der Waals surface area contributed by atoms with Crippen LogP contribution in [-0.2, 0) is 12.8 Å². The van der Waals surface area contributed by atoms with Crippen LogP contribution < -0.4 is 10.6 Å². The quantitative estimate of drug-likeness (QED) is 0.733. The number of carbonyl (C=O) groups is 1. The predicted molar refractivity (Wildman–Crippen MR) is 87.7 cm³/mol. The predicted octanol–water partition coefficient (Wildman–Crippen LogP) is 2.13. The van der Waals surface area contributed by atoms with Gasteiger partial charge in [-0.25, -0.2) is 4.79 Å². The van der Waals surface area contributed by atoms with E-state index < -0.39 is 6.10 Å². The van der Waals surface area contributed by atoms with Crippen LogP contribution in [0, 0.1) is 0 Å². The summed E-state index contributed by atoms with van der Waals surface area (Å²) in [5, 5.41) is 15.4. The molecular weight excluding hydrogens is 276 g/mol. The summed E-state index contributed by atoms with van der Waals surface area (Å²) >= 11 is 0. The van der Waals surface area contributed by atoms with Crippen LogP contribution in [0.1, 0.15) is 11.1 Å². The summed E-state index contributed by atoms with van der Waals surface area (Å²) in [6.07, 6.45) is 0.744. The van der Waals surface area contributed by atoms with E-state index in [2.05, 4.69) is 10.6 Å². The maximum atomic E-state index is 11.7. The first kappa shape index (κ1) is 16.0. The summed E-state index contributed by atoms with van der Waals surface area (Å²) in [5.41, 5.74) is 2.24. The zero-order chi connectivity index (χ0) is 15.6. The summed E-state index contributed by atoms with van der Waals surface area (Å²) in [4.78, 5) is 11.7. The Morgan fingerprint density at radius 3 is 2.14 bits per heavy atom. The minimum absolute atomic E-state index is 0.242. The summed E-state index contributed by atoms with van der Waals surface area (Å²) < 4.78 is 0. The van der Waals surface area contributed by atoms with Gasteiger partial charge in [-0.3, -0.25) is 0 Å². The first-order valence-corrected chi connectivity index (χ1v) is 7.51. The third-order valence-electron chi connectivity index (χ3n) is 3.35. The van der Waals surface area contributed by atoms with Crippen LogP contribution in [0.3, 0.4) is 0 Å². The molecule has 22 heavy (non-hydrogen) atoms. The van der Waals surface area contributed by atoms with Crippen molar-refractivity contribution in [1.29, 1.82) is 0 Å². The van der Waals surface area contributed by atoms with Crippen molar-refractivity contribution in [2.75, 3.05) is 13.1 Å². The average Bonchev–Trinajstić information content (AvgIpc) is 2.55. The molecule has 0 radical (unpaired) electrons. The lowest BCUT2D eigenvalue weighted by atomic mass is 10.1. The molecule has 0 aliphatic heterocycles. The highest BCUT2D eigenvalue weighted by molar-refractivity contribution is 5.73. The van der Waals surface area contributed by atoms with Crippen molar-refractivity contribution in [3.05, 3.63) is 71.8 Å². The van der Waals surface area contributed by atoms with Gasteiger partial charge in [0.25, 0.3) is 0 Å². The van der Waals surface area contributed by atoms with Crippen molar-refractivity contribution in [2.24, 2.45) is 0 Å². The number of rotatable bonds is 7. The summed E-state index contributed by atoms with van der Waals surface area (Å²) in [6, 6.07) is 19.5. The molecule has 0 aliphatic carbocycles. The van der Waals surface area contributed by atoms with Gasteiger partial charge in [-0.15, -0.1) is 0 Å². The van der Waals surface area contributed by atoms with Gasteiger partial charge in [0.2, 0.25) is 0 Å². The molecule has 0 unspecified atom stereocenters. The number of hydrogen-bond donors (Lipinski definition) is 3. The van der Waals surface area contributed by atoms with Crippen molar-refractivity contribution < 1.29 is 9.90 Å². The molecule has 2 aromatic carbocycles. The number of amides is 2. The molecule has 0 saturated heterocycles. The number of hydrogen-bond acceptors (Lipinski definition) is 2. The Morgan fingerprint density at radius 2 is 1.50 bits per heavy atom. The molecular formula is C18H22N2O2. The summed E-state index contributed by atoms with van der Waals surface area (Å²) in [7, 11) is 0. The molecule has 0 saturated carbocycles. The topological polar surface area (TPSA) is 61.4 Å². The highest BCUT2D eigenvalue weighted by atomic mass is 16.3. The van der Waals surface area contributed by atoms with E-state index in [0.29, 0.717) is 13.0 Å². The van der Waals surface area contributed by atoms with Crippen LogP contribution in [0.25, 0.3) is 0 Å². The second-order valence-corrected chi connectivity index (χ2v) is 5.22. The van der Waals surface area contributed by atoms with Gasteiger partial charge in [0.05, 0.1) is 6.10 Å². The van der Waals surface area contributed by atoms with Crippen LogP contribution >= 0.6 is 0 Å². The Balaban J connectivity index is 1.61. The highest BCUT2D eigenvalue weighted by Crippen LogP contribution is 2.02. The average molecular weight is 298 g/mol. The molecule has 0 fully saturated rings. The molecule has 2 aromatic rings. The van der Waals surface area contributed by atoms with Crippen LogP contribution in [0.15, 0.2) is 60.7 Å². The molecule has 1 atom stereocenters. The molecule has 2 rings (SSSR count). The molecule has 0 aliphatic rings. The monoisotopic (exact) mass is 298 g/mol. The molecule has 116 valence electrons. The SMILES string of the molecule is O=C(NCCc1ccccc1)NC[C@@H](O)Cc1ccccc1. The van der Waals surface area contributed by atoms with Crippen LogP contribution in [0.4, 0.5) is 4.79 Å². The standard InChI is InChI=1S/C18H22N2O2/c21-17(13-16-9-5-2-6-10-16)14-20-18(22)19-12-11-15-7-3-1-4-8-15/h1-10,17,21H,11-14H2,(H2,19,20,22)/t17-/m0/s1. The third kappa shape index (κ3) is 5.97. The maximum absolute atomic E-state index is 11.7. The molecule has 0 bridgehead atoms. The van der Waals surface area contributed by atoms with Gasteiger partial charge in [-0.1, -0.05) is 60.7 Å². The molecule has 3 N–H and O–H groups in total. The van der Waals surface area contributed by atoms with E-state index in [9.17, 15) is 9.90 Å². The lowest BCUT2D eigenvalue weighted by Gasteiger charge is -2.12. The van der Waals surface area contributed by atoms with Gasteiger partial charge in [0, 0.05) is 19.5 Å². The zero-order valence-electron chi connectivity index (χ0n) is 12.5. The van der Waals surface area contributed by atoms with E-state index in [4.69, 9.17) is 0 Å². The van der Waals surface area contributed by atoms with Crippen molar-refractivity contribution >= 4 is 6.03 Å². The van der Waals surface area contributed by atoms with E-state index in [1.165, 1.54) is 5.56 Å². The number of urea groups is 1. The highest BCUT2D eigenvalue weighted by Gasteiger charge is 2.07. The molecule has 0 aromatic heterocycles. The Bertz CT molecular complexity index is 558. The lowest BCUT2D eigenvalue weighted by Crippen LogP contribution is -2.41. The smallest absolute Gasteiger partial charge is 0.314 e. The fraction of sp³-hybridized carbons (Fsp3) is 0.278. The Labute approximate surface area is 131 Å². The lowest BCUT2D eigenvalue weighted by molar-refractivity contribution is 0.170. The van der Waals surface area contributed by atoms with Gasteiger partial charge in [0.1, 0.15) is 0 Å². The minimum Gasteiger partial charge on any atom is -0.391 e. The fourth-order valence-electron chi connectivity index (χ4n) is 2.20. The number of aliphatic hydroxyl groups is 1. The van der Waals surface area contributed by atoms with Crippen molar-refractivity contribution in [2.45, 2.75) is 18.9 Å². The molecule has 4 nitrogen and oxygen atoms in total. The van der Waals surface area contributed by atoms with E-state index in [1.54, 1.807) is 0 Å². The fourth-order valence-corrected chi connectivity index (χ4v) is 2.20. The van der Waals surface area contributed by atoms with Crippen LogP contribution in [-0.4, -0.2) is 30.3 Å². The number of aliphatic hydroxyl groups excluding tert-OH is 1.